The van der Waals surface area contributed by atoms with Gasteiger partial charge in [-0.25, -0.2) is 0 Å². The quantitative estimate of drug-likeness (QED) is 0.445. The van der Waals surface area contributed by atoms with E-state index in [1.807, 2.05) is 0 Å². The predicted molar refractivity (Wildman–Crippen MR) is 36.1 cm³/mol. The van der Waals surface area contributed by atoms with Gasteiger partial charge in [-0.2, -0.15) is 5.10 Å². The molecule has 0 unspecified atom stereocenters. The molecule has 1 aromatic rings. The Bertz CT molecular complexity index is 253. The first-order valence-corrected chi connectivity index (χ1v) is 2.85. The maximum Gasteiger partial charge on any atom is 0.131 e. The number of carbonyl (C=O) groups excluding carboxylic acids is 1. The third-order valence-corrected chi connectivity index (χ3v) is 0.916. The summed E-state index contributed by atoms with van der Waals surface area (Å²) in [5.74, 6) is 5.41. The molecule has 0 bridgehead atoms. The molecule has 0 amide bonds. The zero-order chi connectivity index (χ0) is 7.23. The summed E-state index contributed by atoms with van der Waals surface area (Å²) in [4.78, 5) is 9.81. The zero-order valence-electron chi connectivity index (χ0n) is 5.29. The van der Waals surface area contributed by atoms with Crippen molar-refractivity contribution in [3.8, 4) is 11.8 Å². The average Bonchev–Trinajstić information content (AvgIpc) is 2.41. The second-order valence-corrected chi connectivity index (χ2v) is 1.66. The SMILES string of the molecule is O=CCC#Cc1cn[nH]c1. The summed E-state index contributed by atoms with van der Waals surface area (Å²) in [7, 11) is 0. The van der Waals surface area contributed by atoms with Gasteiger partial charge in [0.25, 0.3) is 0 Å². The van der Waals surface area contributed by atoms with Gasteiger partial charge in [0.15, 0.2) is 0 Å². The lowest BCUT2D eigenvalue weighted by atomic mass is 10.3. The molecule has 3 heteroatoms. The number of aldehydes is 1. The number of nitrogens with one attached hydrogen (secondary N) is 1. The summed E-state index contributed by atoms with van der Waals surface area (Å²) in [6, 6.07) is 0. The fraction of sp³-hybridized carbons (Fsp3) is 0.143. The van der Waals surface area contributed by atoms with Crippen molar-refractivity contribution in [2.45, 2.75) is 6.42 Å². The lowest BCUT2D eigenvalue weighted by Gasteiger charge is -1.70. The topological polar surface area (TPSA) is 45.8 Å². The van der Waals surface area contributed by atoms with Crippen LogP contribution in [0.4, 0.5) is 0 Å². The normalized spacial score (nSPS) is 8.00. The maximum atomic E-state index is 9.81. The molecule has 0 spiro atoms. The van der Waals surface area contributed by atoms with Crippen LogP contribution in [0.3, 0.4) is 0 Å². The molecule has 10 heavy (non-hydrogen) atoms. The van der Waals surface area contributed by atoms with E-state index in [2.05, 4.69) is 22.0 Å². The highest BCUT2D eigenvalue weighted by molar-refractivity contribution is 5.54. The minimum absolute atomic E-state index is 0.283. The third-order valence-electron chi connectivity index (χ3n) is 0.916. The van der Waals surface area contributed by atoms with Crippen LogP contribution in [0.15, 0.2) is 12.4 Å². The summed E-state index contributed by atoms with van der Waals surface area (Å²) in [5.41, 5.74) is 0.807. The van der Waals surface area contributed by atoms with Crippen LogP contribution in [0.25, 0.3) is 0 Å². The zero-order valence-corrected chi connectivity index (χ0v) is 5.29. The summed E-state index contributed by atoms with van der Waals surface area (Å²) >= 11 is 0. The molecule has 0 aliphatic heterocycles. The van der Waals surface area contributed by atoms with E-state index in [0.717, 1.165) is 11.8 Å². The van der Waals surface area contributed by atoms with E-state index in [4.69, 9.17) is 0 Å². The van der Waals surface area contributed by atoms with Crippen LogP contribution < -0.4 is 0 Å². The maximum absolute atomic E-state index is 9.81. The standard InChI is InChI=1S/C7H6N2O/c10-4-2-1-3-7-5-8-9-6-7/h4-6H,2H2,(H,8,9). The van der Waals surface area contributed by atoms with Crippen molar-refractivity contribution in [1.82, 2.24) is 10.2 Å². The highest BCUT2D eigenvalue weighted by Gasteiger charge is 1.82. The first-order valence-electron chi connectivity index (χ1n) is 2.85. The Morgan fingerprint density at radius 1 is 1.80 bits per heavy atom. The summed E-state index contributed by atoms with van der Waals surface area (Å²) < 4.78 is 0. The highest BCUT2D eigenvalue weighted by Crippen LogP contribution is 1.87. The number of hydrogen-bond acceptors (Lipinski definition) is 2. The first-order chi connectivity index (χ1) is 4.93. The van der Waals surface area contributed by atoms with Gasteiger partial charge in [0, 0.05) is 6.20 Å². The van der Waals surface area contributed by atoms with Gasteiger partial charge in [0.2, 0.25) is 0 Å². The van der Waals surface area contributed by atoms with Gasteiger partial charge in [0.05, 0.1) is 18.2 Å². The molecule has 0 aliphatic rings. The van der Waals surface area contributed by atoms with Gasteiger partial charge in [0.1, 0.15) is 6.29 Å². The van der Waals surface area contributed by atoms with E-state index in [9.17, 15) is 4.79 Å². The Balaban J connectivity index is 2.57. The second kappa shape index (κ2) is 3.46. The minimum atomic E-state index is 0.283. The molecule has 1 heterocycles. The predicted octanol–water partition coefficient (Wildman–Crippen LogP) is 0.350. The minimum Gasteiger partial charge on any atom is -0.302 e. The molecule has 1 rings (SSSR count). The second-order valence-electron chi connectivity index (χ2n) is 1.66. The molecule has 50 valence electrons. The Labute approximate surface area is 58.4 Å². The number of rotatable bonds is 1. The van der Waals surface area contributed by atoms with Crippen molar-refractivity contribution in [3.05, 3.63) is 18.0 Å². The number of hydrogen-bond donors (Lipinski definition) is 1. The summed E-state index contributed by atoms with van der Waals surface area (Å²) in [6.07, 6.45) is 4.34. The monoisotopic (exact) mass is 134 g/mol. The van der Waals surface area contributed by atoms with E-state index in [1.54, 1.807) is 12.4 Å². The Morgan fingerprint density at radius 2 is 2.70 bits per heavy atom. The number of aromatic amines is 1. The van der Waals surface area contributed by atoms with E-state index in [1.165, 1.54) is 0 Å². The molecule has 1 aromatic heterocycles. The highest BCUT2D eigenvalue weighted by atomic mass is 16.1. The number of nitrogens with zero attached hydrogens (tertiary/aromatic N) is 1. The number of H-pyrrole nitrogens is 1. The molecule has 0 saturated carbocycles. The van der Waals surface area contributed by atoms with Crippen LogP contribution in [-0.4, -0.2) is 16.5 Å². The molecule has 0 radical (unpaired) electrons. The Kier molecular flexibility index (Phi) is 2.27. The molecule has 3 nitrogen and oxygen atoms in total. The molecule has 0 aliphatic carbocycles. The molecular weight excluding hydrogens is 128 g/mol. The fourth-order valence-electron chi connectivity index (χ4n) is 0.514. The van der Waals surface area contributed by atoms with Crippen molar-refractivity contribution in [2.24, 2.45) is 0 Å². The van der Waals surface area contributed by atoms with Crippen LogP contribution in [-0.2, 0) is 4.79 Å². The largest absolute Gasteiger partial charge is 0.302 e. The Hall–Kier alpha value is -1.56. The van der Waals surface area contributed by atoms with E-state index < -0.39 is 0 Å². The van der Waals surface area contributed by atoms with Crippen LogP contribution in [0.2, 0.25) is 0 Å². The molecular formula is C7H6N2O. The van der Waals surface area contributed by atoms with Crippen molar-refractivity contribution >= 4 is 6.29 Å². The van der Waals surface area contributed by atoms with Crippen LogP contribution in [0, 0.1) is 11.8 Å². The molecule has 1 N–H and O–H groups in total. The third kappa shape index (κ3) is 1.75. The van der Waals surface area contributed by atoms with E-state index in [0.29, 0.717) is 0 Å². The van der Waals surface area contributed by atoms with Crippen molar-refractivity contribution in [2.75, 3.05) is 0 Å². The van der Waals surface area contributed by atoms with Crippen LogP contribution >= 0.6 is 0 Å². The van der Waals surface area contributed by atoms with E-state index in [-0.39, 0.29) is 6.42 Å². The van der Waals surface area contributed by atoms with Crippen LogP contribution in [0.5, 0.6) is 0 Å². The smallest absolute Gasteiger partial charge is 0.131 e. The summed E-state index contributed by atoms with van der Waals surface area (Å²) in [6.45, 7) is 0. The van der Waals surface area contributed by atoms with Gasteiger partial charge in [-0.15, -0.1) is 0 Å². The van der Waals surface area contributed by atoms with Gasteiger partial charge in [-0.05, 0) is 0 Å². The van der Waals surface area contributed by atoms with Gasteiger partial charge in [-0.3, -0.25) is 5.10 Å². The molecule has 0 fully saturated rings. The fourth-order valence-corrected chi connectivity index (χ4v) is 0.514. The lowest BCUT2D eigenvalue weighted by molar-refractivity contribution is -0.107. The molecule has 0 aromatic carbocycles. The average molecular weight is 134 g/mol. The van der Waals surface area contributed by atoms with Gasteiger partial charge < -0.3 is 4.79 Å². The van der Waals surface area contributed by atoms with Crippen molar-refractivity contribution in [3.63, 3.8) is 0 Å². The Morgan fingerprint density at radius 3 is 3.30 bits per heavy atom. The summed E-state index contributed by atoms with van der Waals surface area (Å²) in [5, 5.41) is 6.30. The van der Waals surface area contributed by atoms with Crippen LogP contribution in [0.1, 0.15) is 12.0 Å². The molecule has 0 saturated heterocycles. The molecule has 0 atom stereocenters. The first kappa shape index (κ1) is 6.56. The van der Waals surface area contributed by atoms with Gasteiger partial charge in [-0.1, -0.05) is 11.8 Å². The van der Waals surface area contributed by atoms with Crippen molar-refractivity contribution < 1.29 is 4.79 Å². The lowest BCUT2D eigenvalue weighted by Crippen LogP contribution is -1.67. The number of aromatic nitrogens is 2. The van der Waals surface area contributed by atoms with Crippen molar-refractivity contribution in [1.29, 1.82) is 0 Å². The van der Waals surface area contributed by atoms with E-state index >= 15 is 0 Å². The van der Waals surface area contributed by atoms with Gasteiger partial charge >= 0.3 is 0 Å². The number of carbonyl (C=O) groups is 1.